The lowest BCUT2D eigenvalue weighted by Gasteiger charge is -2.10. The van der Waals surface area contributed by atoms with Gasteiger partial charge in [-0.2, -0.15) is 10.2 Å². The maximum absolute atomic E-state index is 12.0. The van der Waals surface area contributed by atoms with Crippen LogP contribution < -0.4 is 0 Å². The molecule has 0 aliphatic rings. The lowest BCUT2D eigenvalue weighted by molar-refractivity contribution is 0.461. The number of benzene rings is 6. The summed E-state index contributed by atoms with van der Waals surface area (Å²) in [4.78, 5) is 18.5. The molecule has 0 amide bonds. The smallest absolute Gasteiger partial charge is 0.126 e. The Hall–Kier alpha value is -5.70. The van der Waals surface area contributed by atoms with E-state index in [4.69, 9.17) is 9.97 Å². The highest BCUT2D eigenvalue weighted by Crippen LogP contribution is 2.41. The summed E-state index contributed by atoms with van der Waals surface area (Å²) < 4.78 is 74.6. The Labute approximate surface area is 357 Å². The van der Waals surface area contributed by atoms with Gasteiger partial charge < -0.3 is 9.11 Å². The quantitative estimate of drug-likeness (QED) is 0.105. The van der Waals surface area contributed by atoms with Crippen molar-refractivity contribution in [3.05, 3.63) is 120 Å². The molecule has 0 N–H and O–H groups in total. The van der Waals surface area contributed by atoms with Crippen LogP contribution in [0.1, 0.15) is 11.1 Å². The second-order valence-electron chi connectivity index (χ2n) is 13.8. The first kappa shape index (κ1) is 38.5. The molecular formula is C42H24N6O6S6-2. The zero-order valence-corrected chi connectivity index (χ0v) is 35.9. The molecule has 296 valence electrons. The molecule has 18 heteroatoms. The van der Waals surface area contributed by atoms with E-state index in [9.17, 15) is 25.9 Å². The van der Waals surface area contributed by atoms with Gasteiger partial charge in [0.05, 0.1) is 62.0 Å². The second kappa shape index (κ2) is 14.5. The molecule has 6 aromatic carbocycles. The molecule has 0 atom stereocenters. The fraction of sp³-hybridized carbons (Fsp3) is 0.0476. The first-order valence-corrected chi connectivity index (χ1v) is 24.0. The van der Waals surface area contributed by atoms with Crippen molar-refractivity contribution in [2.24, 2.45) is 10.2 Å². The second-order valence-corrected chi connectivity index (χ2v) is 20.5. The summed E-state index contributed by atoms with van der Waals surface area (Å²) in [6.07, 6.45) is 0. The van der Waals surface area contributed by atoms with Gasteiger partial charge in [-0.3, -0.25) is 0 Å². The molecular weight excluding hydrogens is 877 g/mol. The highest BCUT2D eigenvalue weighted by molar-refractivity contribution is 7.86. The van der Waals surface area contributed by atoms with Crippen LogP contribution in [0.4, 0.5) is 11.4 Å². The molecule has 0 aliphatic heterocycles. The molecule has 4 aromatic heterocycles. The average molecular weight is 901 g/mol. The van der Waals surface area contributed by atoms with E-state index < -0.39 is 20.2 Å². The normalized spacial score (nSPS) is 12.5. The van der Waals surface area contributed by atoms with Crippen molar-refractivity contribution in [2.75, 3.05) is 0 Å². The Bertz CT molecular complexity index is 3390. The monoisotopic (exact) mass is 900 g/mol. The number of aryl methyl sites for hydroxylation is 2. The zero-order chi connectivity index (χ0) is 41.5. The fourth-order valence-corrected chi connectivity index (χ4v) is 13.4. The summed E-state index contributed by atoms with van der Waals surface area (Å²) in [5.41, 5.74) is 8.18. The highest BCUT2D eigenvalue weighted by atomic mass is 32.2. The number of nitrogens with zero attached hydrogens (tertiary/aromatic N) is 6. The van der Waals surface area contributed by atoms with Crippen molar-refractivity contribution < 1.29 is 25.9 Å². The van der Waals surface area contributed by atoms with Crippen LogP contribution >= 0.6 is 45.3 Å². The van der Waals surface area contributed by atoms with Crippen LogP contribution in [0, 0.1) is 13.8 Å². The summed E-state index contributed by atoms with van der Waals surface area (Å²) in [6.45, 7) is 3.21. The van der Waals surface area contributed by atoms with Crippen LogP contribution in [-0.2, 0) is 20.2 Å². The third-order valence-electron chi connectivity index (χ3n) is 9.70. The van der Waals surface area contributed by atoms with E-state index in [-0.39, 0.29) is 9.79 Å². The molecule has 10 rings (SSSR count). The van der Waals surface area contributed by atoms with E-state index in [0.29, 0.717) is 53.0 Å². The number of thiazole rings is 4. The molecule has 0 aliphatic carbocycles. The van der Waals surface area contributed by atoms with Gasteiger partial charge >= 0.3 is 0 Å². The van der Waals surface area contributed by atoms with Crippen LogP contribution in [0.2, 0.25) is 0 Å². The largest absolute Gasteiger partial charge is 0.744 e. The van der Waals surface area contributed by atoms with E-state index in [1.165, 1.54) is 45.3 Å². The molecule has 4 heterocycles. The van der Waals surface area contributed by atoms with Crippen LogP contribution in [-0.4, -0.2) is 45.9 Å². The molecule has 0 saturated heterocycles. The maximum atomic E-state index is 12.0. The van der Waals surface area contributed by atoms with Gasteiger partial charge in [0, 0.05) is 22.3 Å². The SMILES string of the molecule is Cc1ccc2nc(-c3ccc4nc(-c5ccc(N=Nc6ccc(-c7nc8ccc(-c9nc%10ccc(C)c(S(=O)(=O)[O-])c%10s9)cc8s7)cc6)cc5)sc4c3)sc2c1S(=O)(=O)[O-]. The summed E-state index contributed by atoms with van der Waals surface area (Å²) in [5, 5.41) is 11.8. The van der Waals surface area contributed by atoms with Crippen molar-refractivity contribution in [1.29, 1.82) is 0 Å². The minimum atomic E-state index is -4.66. The van der Waals surface area contributed by atoms with Crippen molar-refractivity contribution in [3.8, 4) is 42.3 Å². The molecule has 0 spiro atoms. The number of rotatable bonds is 8. The van der Waals surface area contributed by atoms with Gasteiger partial charge in [0.25, 0.3) is 0 Å². The van der Waals surface area contributed by atoms with Gasteiger partial charge in [-0.05, 0) is 122 Å². The first-order valence-electron chi connectivity index (χ1n) is 17.9. The van der Waals surface area contributed by atoms with Gasteiger partial charge in [-0.15, -0.1) is 45.3 Å². The van der Waals surface area contributed by atoms with Gasteiger partial charge in [-0.25, -0.2) is 36.8 Å². The van der Waals surface area contributed by atoms with E-state index in [0.717, 1.165) is 52.7 Å². The lowest BCUT2D eigenvalue weighted by Crippen LogP contribution is -2.01. The number of hydrogen-bond donors (Lipinski definition) is 0. The van der Waals surface area contributed by atoms with Crippen molar-refractivity contribution in [1.82, 2.24) is 19.9 Å². The van der Waals surface area contributed by atoms with Crippen LogP contribution in [0.5, 0.6) is 0 Å². The Morgan fingerprint density at radius 2 is 0.767 bits per heavy atom. The van der Waals surface area contributed by atoms with E-state index in [1.807, 2.05) is 84.9 Å². The summed E-state index contributed by atoms with van der Waals surface area (Å²) in [6, 6.07) is 33.5. The van der Waals surface area contributed by atoms with E-state index >= 15 is 0 Å². The first-order chi connectivity index (χ1) is 28.7. The van der Waals surface area contributed by atoms with Crippen molar-refractivity contribution >= 4 is 118 Å². The molecule has 10 aromatic rings. The van der Waals surface area contributed by atoms with Crippen LogP contribution in [0.25, 0.3) is 83.2 Å². The summed E-state index contributed by atoms with van der Waals surface area (Å²) in [7, 11) is -9.32. The minimum absolute atomic E-state index is 0.218. The molecule has 60 heavy (non-hydrogen) atoms. The third-order valence-corrected chi connectivity index (χ3v) is 16.4. The fourth-order valence-electron chi connectivity index (χ4n) is 6.82. The van der Waals surface area contributed by atoms with Crippen molar-refractivity contribution in [2.45, 2.75) is 23.6 Å². The lowest BCUT2D eigenvalue weighted by atomic mass is 10.2. The standard InChI is InChI=1S/C42H26N6O6S6/c1-21-3-15-31-35(37(21)59(49,50)51)57-41(45-31)25-9-17-29-33(19-25)55-39(43-29)23-5-11-27(12-6-23)47-48-28-13-7-24(8-14-28)40-44-30-18-10-26(20-34(30)56-40)42-46-32-16-4-22(2)38(36(32)58-42)60(52,53)54/h3-20H,1-2H3,(H,49,50,51)(H,52,53,54)/p-2. The predicted octanol–water partition coefficient (Wildman–Crippen LogP) is 11.6. The minimum Gasteiger partial charge on any atom is -0.744 e. The number of aromatic nitrogens is 4. The number of azo groups is 1. The molecule has 0 saturated carbocycles. The Balaban J connectivity index is 0.838. The topological polar surface area (TPSA) is 191 Å². The van der Waals surface area contributed by atoms with Gasteiger partial charge in [-0.1, -0.05) is 12.1 Å². The molecule has 0 radical (unpaired) electrons. The highest BCUT2D eigenvalue weighted by Gasteiger charge is 2.19. The zero-order valence-electron chi connectivity index (χ0n) is 31.0. The number of fused-ring (bicyclic) bond motifs is 4. The van der Waals surface area contributed by atoms with E-state index in [2.05, 4.69) is 20.2 Å². The van der Waals surface area contributed by atoms with Gasteiger partial charge in [0.2, 0.25) is 0 Å². The van der Waals surface area contributed by atoms with Crippen LogP contribution in [0.3, 0.4) is 0 Å². The number of hydrogen-bond acceptors (Lipinski definition) is 16. The summed E-state index contributed by atoms with van der Waals surface area (Å²) >= 11 is 5.43. The average Bonchev–Trinajstić information content (AvgIpc) is 4.03. The molecule has 0 bridgehead atoms. The van der Waals surface area contributed by atoms with E-state index in [1.54, 1.807) is 38.1 Å². The van der Waals surface area contributed by atoms with Gasteiger partial charge in [0.1, 0.15) is 40.3 Å². The Morgan fingerprint density at radius 1 is 0.433 bits per heavy atom. The van der Waals surface area contributed by atoms with Crippen molar-refractivity contribution in [3.63, 3.8) is 0 Å². The summed E-state index contributed by atoms with van der Waals surface area (Å²) in [5.74, 6) is 0. The molecule has 0 unspecified atom stereocenters. The Morgan fingerprint density at radius 3 is 1.15 bits per heavy atom. The Kier molecular flexibility index (Phi) is 9.30. The molecule has 12 nitrogen and oxygen atoms in total. The third kappa shape index (κ3) is 7.09. The molecule has 0 fully saturated rings. The predicted molar refractivity (Wildman–Crippen MR) is 237 cm³/mol. The maximum Gasteiger partial charge on any atom is 0.126 e. The van der Waals surface area contributed by atoms with Crippen LogP contribution in [0.15, 0.2) is 129 Å². The van der Waals surface area contributed by atoms with Gasteiger partial charge in [0.15, 0.2) is 0 Å².